The van der Waals surface area contributed by atoms with Crippen LogP contribution in [0.2, 0.25) is 0 Å². The van der Waals surface area contributed by atoms with Crippen LogP contribution in [0.4, 0.5) is 0 Å². The molecule has 0 amide bonds. The van der Waals surface area contributed by atoms with Crippen molar-refractivity contribution in [2.75, 3.05) is 6.26 Å². The van der Waals surface area contributed by atoms with Crippen LogP contribution in [-0.4, -0.2) is 14.7 Å². The summed E-state index contributed by atoms with van der Waals surface area (Å²) >= 11 is 0. The molecule has 0 spiro atoms. The molecule has 11 heavy (non-hydrogen) atoms. The summed E-state index contributed by atoms with van der Waals surface area (Å²) in [6.07, 6.45) is 3.94. The van der Waals surface area contributed by atoms with Gasteiger partial charge in [0.15, 0.2) is 9.84 Å². The van der Waals surface area contributed by atoms with E-state index < -0.39 is 9.84 Å². The molecular formula is C8H12O2S. The van der Waals surface area contributed by atoms with Crippen molar-refractivity contribution < 1.29 is 8.42 Å². The van der Waals surface area contributed by atoms with E-state index in [0.717, 1.165) is 6.26 Å². The monoisotopic (exact) mass is 172 g/mol. The van der Waals surface area contributed by atoms with E-state index in [4.69, 9.17) is 0 Å². The van der Waals surface area contributed by atoms with Crippen molar-refractivity contribution in [2.45, 2.75) is 6.92 Å². The highest BCUT2D eigenvalue weighted by Gasteiger charge is 2.05. The van der Waals surface area contributed by atoms with Crippen LogP contribution in [0, 0.1) is 0 Å². The molecule has 0 bridgehead atoms. The van der Waals surface area contributed by atoms with Crippen LogP contribution in [-0.2, 0) is 9.84 Å². The molecular weight excluding hydrogens is 160 g/mol. The van der Waals surface area contributed by atoms with Crippen molar-refractivity contribution in [1.82, 2.24) is 0 Å². The molecule has 0 aliphatic heterocycles. The van der Waals surface area contributed by atoms with Crippen LogP contribution in [0.5, 0.6) is 0 Å². The van der Waals surface area contributed by atoms with E-state index in [-0.39, 0.29) is 4.91 Å². The molecule has 0 radical (unpaired) electrons. The Morgan fingerprint density at radius 3 is 2.00 bits per heavy atom. The highest BCUT2D eigenvalue weighted by molar-refractivity contribution is 7.94. The molecule has 0 aromatic heterocycles. The molecule has 0 aromatic rings. The van der Waals surface area contributed by atoms with Crippen molar-refractivity contribution in [3.63, 3.8) is 0 Å². The summed E-state index contributed by atoms with van der Waals surface area (Å²) < 4.78 is 21.8. The van der Waals surface area contributed by atoms with E-state index in [2.05, 4.69) is 13.2 Å². The first-order valence-electron chi connectivity index (χ1n) is 3.07. The topological polar surface area (TPSA) is 34.1 Å². The van der Waals surface area contributed by atoms with Gasteiger partial charge < -0.3 is 0 Å². The van der Waals surface area contributed by atoms with Crippen molar-refractivity contribution in [3.05, 3.63) is 35.8 Å². The van der Waals surface area contributed by atoms with Gasteiger partial charge in [0.2, 0.25) is 0 Å². The van der Waals surface area contributed by atoms with Gasteiger partial charge in [0, 0.05) is 6.26 Å². The van der Waals surface area contributed by atoms with E-state index in [0.29, 0.717) is 5.57 Å². The predicted octanol–water partition coefficient (Wildman–Crippen LogP) is 1.68. The molecule has 0 aliphatic rings. The summed E-state index contributed by atoms with van der Waals surface area (Å²) in [7, 11) is -3.13. The fourth-order valence-electron chi connectivity index (χ4n) is 0.560. The number of hydrogen-bond acceptors (Lipinski definition) is 2. The standard InChI is InChI=1S/C8H12O2S/c1-5-8(6-7(2)3)11(4,9)10/h5-6H,1-2H2,3-4H3/b8-6+. The van der Waals surface area contributed by atoms with E-state index >= 15 is 0 Å². The van der Waals surface area contributed by atoms with E-state index in [1.54, 1.807) is 6.92 Å². The van der Waals surface area contributed by atoms with Gasteiger partial charge in [0.25, 0.3) is 0 Å². The molecule has 0 rings (SSSR count). The van der Waals surface area contributed by atoms with Crippen molar-refractivity contribution in [1.29, 1.82) is 0 Å². The van der Waals surface area contributed by atoms with Crippen molar-refractivity contribution in [2.24, 2.45) is 0 Å². The van der Waals surface area contributed by atoms with Gasteiger partial charge in [-0.1, -0.05) is 24.8 Å². The molecule has 0 aliphatic carbocycles. The summed E-state index contributed by atoms with van der Waals surface area (Å²) in [5.41, 5.74) is 0.699. The minimum absolute atomic E-state index is 0.213. The third-order valence-corrected chi connectivity index (χ3v) is 2.16. The Hall–Kier alpha value is -0.830. The summed E-state index contributed by atoms with van der Waals surface area (Å²) in [5.74, 6) is 0. The first-order valence-corrected chi connectivity index (χ1v) is 4.96. The third kappa shape index (κ3) is 3.78. The maximum absolute atomic E-state index is 10.9. The second kappa shape index (κ2) is 3.53. The molecule has 0 fully saturated rings. The second-order valence-electron chi connectivity index (χ2n) is 2.37. The SMILES string of the molecule is C=C/C(=C\C(=C)C)S(C)(=O)=O. The summed E-state index contributed by atoms with van der Waals surface area (Å²) in [6, 6.07) is 0. The van der Waals surface area contributed by atoms with E-state index in [9.17, 15) is 8.42 Å². The Labute approximate surface area is 67.9 Å². The molecule has 0 heterocycles. The second-order valence-corrected chi connectivity index (χ2v) is 4.39. The average molecular weight is 172 g/mol. The van der Waals surface area contributed by atoms with Gasteiger partial charge in [-0.2, -0.15) is 0 Å². The highest BCUT2D eigenvalue weighted by Crippen LogP contribution is 2.07. The minimum Gasteiger partial charge on any atom is -0.224 e. The lowest BCUT2D eigenvalue weighted by atomic mass is 10.3. The molecule has 3 heteroatoms. The quantitative estimate of drug-likeness (QED) is 0.607. The van der Waals surface area contributed by atoms with Gasteiger partial charge in [-0.25, -0.2) is 8.42 Å². The molecule has 62 valence electrons. The number of rotatable bonds is 3. The zero-order chi connectivity index (χ0) is 9.07. The Bertz CT molecular complexity index is 294. The van der Waals surface area contributed by atoms with Crippen LogP contribution < -0.4 is 0 Å². The van der Waals surface area contributed by atoms with Gasteiger partial charge >= 0.3 is 0 Å². The van der Waals surface area contributed by atoms with Crippen LogP contribution in [0.3, 0.4) is 0 Å². The Morgan fingerprint density at radius 2 is 1.91 bits per heavy atom. The van der Waals surface area contributed by atoms with Crippen LogP contribution >= 0.6 is 0 Å². The van der Waals surface area contributed by atoms with Crippen LogP contribution in [0.1, 0.15) is 6.92 Å². The minimum atomic E-state index is -3.13. The van der Waals surface area contributed by atoms with Gasteiger partial charge in [-0.15, -0.1) is 0 Å². The van der Waals surface area contributed by atoms with Gasteiger partial charge in [-0.05, 0) is 13.0 Å². The lowest BCUT2D eigenvalue weighted by Crippen LogP contribution is -1.97. The maximum atomic E-state index is 10.9. The van der Waals surface area contributed by atoms with E-state index in [1.165, 1.54) is 12.2 Å². The lowest BCUT2D eigenvalue weighted by Gasteiger charge is -1.96. The first kappa shape index (κ1) is 10.2. The zero-order valence-electron chi connectivity index (χ0n) is 6.79. The summed E-state index contributed by atoms with van der Waals surface area (Å²) in [5, 5.41) is 0. The van der Waals surface area contributed by atoms with Crippen molar-refractivity contribution >= 4 is 9.84 Å². The molecule has 0 atom stereocenters. The number of allylic oxidation sites excluding steroid dienone is 3. The first-order chi connectivity index (χ1) is 4.88. The molecule has 0 unspecified atom stereocenters. The summed E-state index contributed by atoms with van der Waals surface area (Å²) in [4.78, 5) is 0.213. The highest BCUT2D eigenvalue weighted by atomic mass is 32.2. The Kier molecular flexibility index (Phi) is 3.26. The van der Waals surface area contributed by atoms with Gasteiger partial charge in [0.05, 0.1) is 4.91 Å². The maximum Gasteiger partial charge on any atom is 0.175 e. The number of sulfone groups is 1. The molecule has 0 saturated heterocycles. The third-order valence-electron chi connectivity index (χ3n) is 1.02. The average Bonchev–Trinajstić information content (AvgIpc) is 1.79. The van der Waals surface area contributed by atoms with Crippen molar-refractivity contribution in [3.8, 4) is 0 Å². The Morgan fingerprint density at radius 1 is 1.45 bits per heavy atom. The zero-order valence-corrected chi connectivity index (χ0v) is 7.61. The fourth-order valence-corrected chi connectivity index (χ4v) is 1.28. The molecule has 0 aromatic carbocycles. The largest absolute Gasteiger partial charge is 0.224 e. The van der Waals surface area contributed by atoms with Gasteiger partial charge in [0.1, 0.15) is 0 Å². The Balaban J connectivity index is 5.00. The van der Waals surface area contributed by atoms with Gasteiger partial charge in [-0.3, -0.25) is 0 Å². The van der Waals surface area contributed by atoms with Crippen LogP contribution in [0.25, 0.3) is 0 Å². The van der Waals surface area contributed by atoms with Crippen LogP contribution in [0.15, 0.2) is 35.8 Å². The fraction of sp³-hybridized carbons (Fsp3) is 0.250. The summed E-state index contributed by atoms with van der Waals surface area (Å²) in [6.45, 7) is 8.69. The predicted molar refractivity (Wildman–Crippen MR) is 47.9 cm³/mol. The molecule has 0 N–H and O–H groups in total. The smallest absolute Gasteiger partial charge is 0.175 e. The lowest BCUT2D eigenvalue weighted by molar-refractivity contribution is 0.608. The molecule has 0 saturated carbocycles. The normalized spacial score (nSPS) is 12.7. The van der Waals surface area contributed by atoms with E-state index in [1.807, 2.05) is 0 Å². The molecule has 2 nitrogen and oxygen atoms in total. The number of hydrogen-bond donors (Lipinski definition) is 0.